The van der Waals surface area contributed by atoms with E-state index < -0.39 is 35.6 Å². The van der Waals surface area contributed by atoms with Crippen LogP contribution in [0.4, 0.5) is 17.6 Å². The second-order valence-corrected chi connectivity index (χ2v) is 6.80. The van der Waals surface area contributed by atoms with E-state index >= 15 is 0 Å². The van der Waals surface area contributed by atoms with Gasteiger partial charge in [-0.05, 0) is 42.7 Å². The number of hydrogen-bond acceptors (Lipinski definition) is 2. The normalized spacial score (nSPS) is 19.2. The maximum absolute atomic E-state index is 14.5. The van der Waals surface area contributed by atoms with E-state index in [0.717, 1.165) is 18.2 Å². The summed E-state index contributed by atoms with van der Waals surface area (Å²) in [5.74, 6) is -1.73. The monoisotopic (exact) mass is 401 g/mol. The van der Waals surface area contributed by atoms with E-state index in [0.29, 0.717) is 19.4 Å². The number of hydrogen-bond donors (Lipinski definition) is 1. The Balaban J connectivity index is 2.20. The van der Waals surface area contributed by atoms with Crippen molar-refractivity contribution in [3.05, 3.63) is 70.0 Å². The largest absolute Gasteiger partial charge is 0.480 e. The van der Waals surface area contributed by atoms with Crippen LogP contribution in [0.3, 0.4) is 0 Å². The van der Waals surface area contributed by atoms with Crippen LogP contribution in [0.1, 0.15) is 35.6 Å². The topological polar surface area (TPSA) is 40.5 Å². The molecule has 0 aliphatic carbocycles. The lowest BCUT2D eigenvalue weighted by Crippen LogP contribution is -2.39. The molecule has 2 atom stereocenters. The smallest absolute Gasteiger partial charge is 0.416 e. The highest BCUT2D eigenvalue weighted by Crippen LogP contribution is 2.41. The van der Waals surface area contributed by atoms with Gasteiger partial charge in [0.1, 0.15) is 11.9 Å². The summed E-state index contributed by atoms with van der Waals surface area (Å²) >= 11 is 6.19. The van der Waals surface area contributed by atoms with Gasteiger partial charge in [-0.15, -0.1) is 0 Å². The fraction of sp³-hybridized carbons (Fsp3) is 0.316. The molecule has 1 aliphatic rings. The Morgan fingerprint density at radius 1 is 1.19 bits per heavy atom. The predicted molar refractivity (Wildman–Crippen MR) is 92.1 cm³/mol. The molecule has 3 nitrogen and oxygen atoms in total. The Morgan fingerprint density at radius 2 is 1.89 bits per heavy atom. The summed E-state index contributed by atoms with van der Waals surface area (Å²) in [6.07, 6.45) is -3.73. The van der Waals surface area contributed by atoms with E-state index in [4.69, 9.17) is 11.6 Å². The van der Waals surface area contributed by atoms with Crippen LogP contribution in [-0.4, -0.2) is 28.6 Å². The quantitative estimate of drug-likeness (QED) is 0.721. The number of carboxylic acid groups (broad SMARTS) is 1. The Bertz CT molecular complexity index is 856. The van der Waals surface area contributed by atoms with Gasteiger partial charge in [0.2, 0.25) is 0 Å². The lowest BCUT2D eigenvalue weighted by Gasteiger charge is -2.33. The summed E-state index contributed by atoms with van der Waals surface area (Å²) in [7, 11) is 0. The van der Waals surface area contributed by atoms with Crippen LogP contribution < -0.4 is 0 Å². The van der Waals surface area contributed by atoms with E-state index in [9.17, 15) is 27.5 Å². The Labute approximate surface area is 158 Å². The number of halogens is 5. The van der Waals surface area contributed by atoms with Crippen molar-refractivity contribution in [1.82, 2.24) is 4.90 Å². The Kier molecular flexibility index (Phi) is 5.44. The molecule has 27 heavy (non-hydrogen) atoms. The minimum atomic E-state index is -4.60. The summed E-state index contributed by atoms with van der Waals surface area (Å²) in [6.45, 7) is 0.308. The average molecular weight is 402 g/mol. The molecule has 0 saturated carbocycles. The van der Waals surface area contributed by atoms with Crippen LogP contribution in [0, 0.1) is 5.82 Å². The molecule has 2 aromatic carbocycles. The van der Waals surface area contributed by atoms with Crippen LogP contribution >= 0.6 is 11.6 Å². The predicted octanol–water partition coefficient (Wildman–Crippen LogP) is 5.14. The van der Waals surface area contributed by atoms with Crippen molar-refractivity contribution in [3.8, 4) is 0 Å². The molecule has 2 unspecified atom stereocenters. The molecule has 0 aromatic heterocycles. The molecule has 0 bridgehead atoms. The molecule has 0 amide bonds. The van der Waals surface area contributed by atoms with Crippen molar-refractivity contribution in [2.24, 2.45) is 0 Å². The van der Waals surface area contributed by atoms with Gasteiger partial charge in [-0.1, -0.05) is 29.8 Å². The average Bonchev–Trinajstić information content (AvgIpc) is 3.07. The van der Waals surface area contributed by atoms with Crippen molar-refractivity contribution >= 4 is 17.6 Å². The van der Waals surface area contributed by atoms with Gasteiger partial charge in [-0.3, -0.25) is 9.69 Å². The molecular formula is C19H16ClF4NO2. The first-order valence-electron chi connectivity index (χ1n) is 8.29. The minimum absolute atomic E-state index is 0.0206. The van der Waals surface area contributed by atoms with Crippen molar-refractivity contribution in [2.45, 2.75) is 31.1 Å². The zero-order chi connectivity index (χ0) is 19.8. The number of aliphatic carboxylic acids is 1. The Morgan fingerprint density at radius 3 is 2.52 bits per heavy atom. The van der Waals surface area contributed by atoms with Crippen LogP contribution in [0.25, 0.3) is 0 Å². The molecule has 3 rings (SSSR count). The van der Waals surface area contributed by atoms with Gasteiger partial charge in [-0.25, -0.2) is 4.39 Å². The van der Waals surface area contributed by atoms with Crippen molar-refractivity contribution in [2.75, 3.05) is 6.54 Å². The number of alkyl halides is 3. The van der Waals surface area contributed by atoms with E-state index in [1.807, 2.05) is 0 Å². The molecule has 144 valence electrons. The van der Waals surface area contributed by atoms with Gasteiger partial charge in [0.15, 0.2) is 0 Å². The number of likely N-dealkylation sites (tertiary alicyclic amines) is 1. The summed E-state index contributed by atoms with van der Waals surface area (Å²) < 4.78 is 54.1. The van der Waals surface area contributed by atoms with Gasteiger partial charge in [0, 0.05) is 17.1 Å². The second kappa shape index (κ2) is 7.48. The van der Waals surface area contributed by atoms with Crippen molar-refractivity contribution in [3.63, 3.8) is 0 Å². The second-order valence-electron chi connectivity index (χ2n) is 6.39. The van der Waals surface area contributed by atoms with E-state index in [1.54, 1.807) is 6.07 Å². The summed E-state index contributed by atoms with van der Waals surface area (Å²) in [6, 6.07) is 6.51. The van der Waals surface area contributed by atoms with Crippen molar-refractivity contribution in [1.29, 1.82) is 0 Å². The SMILES string of the molecule is O=C(O)C1CCCN1C(c1ccccc1F)c1cc(C(F)(F)F)ccc1Cl. The molecule has 2 aromatic rings. The highest BCUT2D eigenvalue weighted by molar-refractivity contribution is 6.31. The molecule has 1 heterocycles. The van der Waals surface area contributed by atoms with E-state index in [2.05, 4.69) is 0 Å². The highest BCUT2D eigenvalue weighted by atomic mass is 35.5. The van der Waals surface area contributed by atoms with Crippen LogP contribution in [-0.2, 0) is 11.0 Å². The fourth-order valence-corrected chi connectivity index (χ4v) is 3.74. The molecule has 0 radical (unpaired) electrons. The zero-order valence-electron chi connectivity index (χ0n) is 14.0. The number of carbonyl (C=O) groups is 1. The van der Waals surface area contributed by atoms with Crippen molar-refractivity contribution < 1.29 is 27.5 Å². The minimum Gasteiger partial charge on any atom is -0.480 e. The van der Waals surface area contributed by atoms with Gasteiger partial charge in [0.05, 0.1) is 11.6 Å². The lowest BCUT2D eigenvalue weighted by molar-refractivity contribution is -0.143. The highest BCUT2D eigenvalue weighted by Gasteiger charge is 2.39. The third-order valence-corrected chi connectivity index (χ3v) is 5.07. The molecule has 0 spiro atoms. The summed E-state index contributed by atoms with van der Waals surface area (Å²) in [5.41, 5.74) is -0.800. The Hall–Kier alpha value is -2.12. The molecule has 1 aliphatic heterocycles. The number of benzene rings is 2. The zero-order valence-corrected chi connectivity index (χ0v) is 14.8. The van der Waals surface area contributed by atoms with Gasteiger partial charge in [0.25, 0.3) is 0 Å². The first kappa shape index (κ1) is 19.6. The molecule has 1 saturated heterocycles. The maximum Gasteiger partial charge on any atom is 0.416 e. The first-order valence-corrected chi connectivity index (χ1v) is 8.67. The number of rotatable bonds is 4. The standard InChI is InChI=1S/C19H16ClF4NO2/c20-14-8-7-11(19(22,23)24)10-13(14)17(12-4-1-2-5-15(12)21)25-9-3-6-16(25)18(26)27/h1-2,4-5,7-8,10,16-17H,3,6,9H2,(H,26,27). The molecular weight excluding hydrogens is 386 g/mol. The third kappa shape index (κ3) is 3.94. The third-order valence-electron chi connectivity index (χ3n) is 4.73. The van der Waals surface area contributed by atoms with Crippen LogP contribution in [0.2, 0.25) is 5.02 Å². The van der Waals surface area contributed by atoms with E-state index in [1.165, 1.54) is 23.1 Å². The number of carboxylic acids is 1. The summed E-state index contributed by atoms with van der Waals surface area (Å²) in [4.78, 5) is 13.1. The summed E-state index contributed by atoms with van der Waals surface area (Å²) in [5, 5.41) is 9.52. The van der Waals surface area contributed by atoms with Gasteiger partial charge >= 0.3 is 12.1 Å². The van der Waals surface area contributed by atoms with Crippen LogP contribution in [0.5, 0.6) is 0 Å². The van der Waals surface area contributed by atoms with Crippen LogP contribution in [0.15, 0.2) is 42.5 Å². The number of nitrogens with zero attached hydrogens (tertiary/aromatic N) is 1. The molecule has 1 fully saturated rings. The van der Waals surface area contributed by atoms with E-state index in [-0.39, 0.29) is 16.1 Å². The fourth-order valence-electron chi connectivity index (χ4n) is 3.51. The van der Waals surface area contributed by atoms with Gasteiger partial charge in [-0.2, -0.15) is 13.2 Å². The van der Waals surface area contributed by atoms with Gasteiger partial charge < -0.3 is 5.11 Å². The first-order chi connectivity index (χ1) is 12.7. The lowest BCUT2D eigenvalue weighted by atomic mass is 9.94. The maximum atomic E-state index is 14.5. The molecule has 1 N–H and O–H groups in total. The molecule has 8 heteroatoms.